The number of aromatic nitrogens is 2. The molecule has 2 aromatic carbocycles. The van der Waals surface area contributed by atoms with Crippen LogP contribution in [0.1, 0.15) is 5.82 Å². The van der Waals surface area contributed by atoms with Crippen LogP contribution in [0.3, 0.4) is 0 Å². The number of ether oxygens (including phenoxy) is 1. The van der Waals surface area contributed by atoms with E-state index in [1.54, 1.807) is 7.11 Å². The summed E-state index contributed by atoms with van der Waals surface area (Å²) >= 11 is 15.7. The molecule has 0 bridgehead atoms. The Morgan fingerprint density at radius 1 is 1.24 bits per heavy atom. The minimum Gasteiger partial charge on any atom is -0.495 e. The van der Waals surface area contributed by atoms with Gasteiger partial charge in [0.1, 0.15) is 11.6 Å². The van der Waals surface area contributed by atoms with Gasteiger partial charge in [-0.3, -0.25) is 4.57 Å². The highest BCUT2D eigenvalue weighted by Crippen LogP contribution is 2.30. The van der Waals surface area contributed by atoms with Crippen molar-refractivity contribution in [3.05, 3.63) is 51.7 Å². The minimum absolute atomic E-state index is 0.315. The Morgan fingerprint density at radius 2 is 2.05 bits per heavy atom. The van der Waals surface area contributed by atoms with E-state index < -0.39 is 0 Å². The molecular weight excluding hydrogens is 375 g/mol. The van der Waals surface area contributed by atoms with Crippen molar-refractivity contribution in [1.29, 1.82) is 0 Å². The summed E-state index contributed by atoms with van der Waals surface area (Å²) in [5.41, 5.74) is 2.77. The second-order valence-electron chi connectivity index (χ2n) is 4.45. The maximum absolute atomic E-state index is 6.22. The van der Waals surface area contributed by atoms with E-state index in [-0.39, 0.29) is 0 Å². The normalized spacial score (nSPS) is 11.0. The SMILES string of the molecule is COc1ccc(-n2c(CCl)nc3cc(Br)ccc32)cc1Cl. The maximum atomic E-state index is 6.22. The smallest absolute Gasteiger partial charge is 0.137 e. The summed E-state index contributed by atoms with van der Waals surface area (Å²) in [6.07, 6.45) is 0. The summed E-state index contributed by atoms with van der Waals surface area (Å²) in [7, 11) is 1.59. The first-order valence-electron chi connectivity index (χ1n) is 6.21. The van der Waals surface area contributed by atoms with Crippen molar-refractivity contribution in [1.82, 2.24) is 9.55 Å². The van der Waals surface area contributed by atoms with Crippen LogP contribution in [0.2, 0.25) is 5.02 Å². The molecule has 0 atom stereocenters. The Labute approximate surface area is 140 Å². The van der Waals surface area contributed by atoms with Gasteiger partial charge in [0.15, 0.2) is 0 Å². The summed E-state index contributed by atoms with van der Waals surface area (Å²) in [5, 5.41) is 0.550. The molecule has 0 amide bonds. The standard InChI is InChI=1S/C15H11BrCl2N2O/c1-21-14-5-3-10(7-11(14)18)20-13-4-2-9(16)6-12(13)19-15(20)8-17/h2-7H,8H2,1H3. The average molecular weight is 386 g/mol. The number of rotatable bonds is 3. The van der Waals surface area contributed by atoms with Crippen LogP contribution in [-0.4, -0.2) is 16.7 Å². The van der Waals surface area contributed by atoms with Crippen LogP contribution in [0.15, 0.2) is 40.9 Å². The molecule has 1 aromatic heterocycles. The summed E-state index contributed by atoms with van der Waals surface area (Å²) in [5.74, 6) is 1.72. The highest BCUT2D eigenvalue weighted by molar-refractivity contribution is 9.10. The zero-order valence-corrected chi connectivity index (χ0v) is 14.2. The van der Waals surface area contributed by atoms with E-state index in [1.165, 1.54) is 0 Å². The number of benzene rings is 2. The van der Waals surface area contributed by atoms with Crippen molar-refractivity contribution >= 4 is 50.2 Å². The second kappa shape index (κ2) is 5.87. The lowest BCUT2D eigenvalue weighted by atomic mass is 10.2. The van der Waals surface area contributed by atoms with Gasteiger partial charge in [0.25, 0.3) is 0 Å². The fourth-order valence-electron chi connectivity index (χ4n) is 2.28. The Hall–Kier alpha value is -1.23. The summed E-state index contributed by atoms with van der Waals surface area (Å²) in [6, 6.07) is 11.6. The van der Waals surface area contributed by atoms with Gasteiger partial charge in [0.05, 0.1) is 29.0 Å². The van der Waals surface area contributed by atoms with Crippen molar-refractivity contribution in [2.45, 2.75) is 5.88 Å². The number of nitrogens with zero attached hydrogens (tertiary/aromatic N) is 2. The van der Waals surface area contributed by atoms with Gasteiger partial charge in [-0.25, -0.2) is 4.98 Å². The molecule has 0 unspecified atom stereocenters. The van der Waals surface area contributed by atoms with Crippen molar-refractivity contribution in [2.24, 2.45) is 0 Å². The van der Waals surface area contributed by atoms with Crippen LogP contribution in [0.5, 0.6) is 5.75 Å². The van der Waals surface area contributed by atoms with E-state index in [2.05, 4.69) is 20.9 Å². The van der Waals surface area contributed by atoms with Crippen LogP contribution < -0.4 is 4.74 Å². The molecule has 3 aromatic rings. The average Bonchev–Trinajstić information content (AvgIpc) is 2.84. The van der Waals surface area contributed by atoms with Crippen LogP contribution in [0.25, 0.3) is 16.7 Å². The van der Waals surface area contributed by atoms with E-state index in [0.29, 0.717) is 16.7 Å². The van der Waals surface area contributed by atoms with Gasteiger partial charge in [-0.1, -0.05) is 27.5 Å². The van der Waals surface area contributed by atoms with Crippen LogP contribution in [0, 0.1) is 0 Å². The van der Waals surface area contributed by atoms with Gasteiger partial charge >= 0.3 is 0 Å². The lowest BCUT2D eigenvalue weighted by Gasteiger charge is -2.10. The van der Waals surface area contributed by atoms with E-state index in [1.807, 2.05) is 41.0 Å². The Bertz CT molecular complexity index is 817. The molecule has 0 N–H and O–H groups in total. The van der Waals surface area contributed by atoms with Crippen molar-refractivity contribution < 1.29 is 4.74 Å². The molecule has 108 valence electrons. The predicted octanol–water partition coefficient (Wildman–Crippen LogP) is 5.19. The Balaban J connectivity index is 2.25. The van der Waals surface area contributed by atoms with Crippen LogP contribution in [0.4, 0.5) is 0 Å². The lowest BCUT2D eigenvalue weighted by molar-refractivity contribution is 0.415. The fraction of sp³-hybridized carbons (Fsp3) is 0.133. The third kappa shape index (κ3) is 2.63. The van der Waals surface area contributed by atoms with E-state index in [9.17, 15) is 0 Å². The molecule has 0 aliphatic carbocycles. The predicted molar refractivity (Wildman–Crippen MR) is 89.9 cm³/mol. The summed E-state index contributed by atoms with van der Waals surface area (Å²) in [6.45, 7) is 0. The second-order valence-corrected chi connectivity index (χ2v) is 6.04. The first kappa shape index (κ1) is 14.7. The summed E-state index contributed by atoms with van der Waals surface area (Å²) in [4.78, 5) is 4.57. The monoisotopic (exact) mass is 384 g/mol. The molecule has 0 radical (unpaired) electrons. The van der Waals surface area contributed by atoms with Gasteiger partial charge < -0.3 is 4.74 Å². The van der Waals surface area contributed by atoms with E-state index in [0.717, 1.165) is 27.0 Å². The highest BCUT2D eigenvalue weighted by atomic mass is 79.9. The van der Waals surface area contributed by atoms with Gasteiger partial charge in [-0.05, 0) is 36.4 Å². The number of methoxy groups -OCH3 is 1. The Kier molecular flexibility index (Phi) is 4.11. The van der Waals surface area contributed by atoms with Crippen LogP contribution in [-0.2, 0) is 5.88 Å². The van der Waals surface area contributed by atoms with Crippen LogP contribution >= 0.6 is 39.1 Å². The Morgan fingerprint density at radius 3 is 2.71 bits per heavy atom. The third-order valence-electron chi connectivity index (χ3n) is 3.20. The molecule has 3 nitrogen and oxygen atoms in total. The molecule has 0 aliphatic rings. The molecule has 0 spiro atoms. The fourth-order valence-corrected chi connectivity index (χ4v) is 3.06. The number of alkyl halides is 1. The highest BCUT2D eigenvalue weighted by Gasteiger charge is 2.13. The van der Waals surface area contributed by atoms with E-state index >= 15 is 0 Å². The first-order valence-corrected chi connectivity index (χ1v) is 7.91. The van der Waals surface area contributed by atoms with Gasteiger partial charge in [-0.2, -0.15) is 0 Å². The molecule has 0 fully saturated rings. The molecule has 1 heterocycles. The summed E-state index contributed by atoms with van der Waals surface area (Å²) < 4.78 is 8.17. The zero-order valence-electron chi connectivity index (χ0n) is 11.1. The number of fused-ring (bicyclic) bond motifs is 1. The quantitative estimate of drug-likeness (QED) is 0.580. The lowest BCUT2D eigenvalue weighted by Crippen LogP contribution is -1.99. The topological polar surface area (TPSA) is 27.1 Å². The maximum Gasteiger partial charge on any atom is 0.137 e. The largest absolute Gasteiger partial charge is 0.495 e. The van der Waals surface area contributed by atoms with E-state index in [4.69, 9.17) is 27.9 Å². The minimum atomic E-state index is 0.315. The van der Waals surface area contributed by atoms with Crippen molar-refractivity contribution in [3.63, 3.8) is 0 Å². The van der Waals surface area contributed by atoms with Crippen molar-refractivity contribution in [2.75, 3.05) is 7.11 Å². The molecule has 21 heavy (non-hydrogen) atoms. The molecule has 6 heteroatoms. The molecule has 0 aliphatic heterocycles. The van der Waals surface area contributed by atoms with Gasteiger partial charge in [0.2, 0.25) is 0 Å². The zero-order chi connectivity index (χ0) is 15.0. The first-order chi connectivity index (χ1) is 10.1. The number of hydrogen-bond donors (Lipinski definition) is 0. The molecule has 0 saturated carbocycles. The van der Waals surface area contributed by atoms with Gasteiger partial charge in [-0.15, -0.1) is 11.6 Å². The third-order valence-corrected chi connectivity index (χ3v) is 4.23. The molecule has 0 saturated heterocycles. The molecule has 3 rings (SSSR count). The number of imidazole rings is 1. The number of hydrogen-bond acceptors (Lipinski definition) is 2. The van der Waals surface area contributed by atoms with Crippen molar-refractivity contribution in [3.8, 4) is 11.4 Å². The van der Waals surface area contributed by atoms with Gasteiger partial charge in [0, 0.05) is 10.2 Å². The number of halogens is 3. The molecular formula is C15H11BrCl2N2O.